The van der Waals surface area contributed by atoms with Crippen molar-refractivity contribution < 1.29 is 9.18 Å². The van der Waals surface area contributed by atoms with Crippen LogP contribution < -0.4 is 0 Å². The number of rotatable bonds is 4. The number of aromatic nitrogens is 1. The van der Waals surface area contributed by atoms with E-state index in [-0.39, 0.29) is 23.7 Å². The number of pyridine rings is 1. The minimum Gasteiger partial charge on any atom is -0.335 e. The molecule has 0 N–H and O–H groups in total. The zero-order chi connectivity index (χ0) is 20.0. The van der Waals surface area contributed by atoms with Crippen LogP contribution >= 0.6 is 0 Å². The van der Waals surface area contributed by atoms with Crippen molar-refractivity contribution in [3.63, 3.8) is 0 Å². The Hall–Kier alpha value is -2.27. The Kier molecular flexibility index (Phi) is 4.86. The standard InChI is InChI=1S/C24H28FN3O/c1-16-5-2-10-21(26-16)14-27-12-19-13-28(24(29)17-6-3-7-17)23(22(19)15-27)18-8-4-9-20(25)11-18/h2,4-5,8-11,17,19,22-23H,3,6-7,12-15H2,1H3/t19-,22-,23-/m0/s1. The van der Waals surface area contributed by atoms with Crippen LogP contribution in [0.5, 0.6) is 0 Å². The second kappa shape index (κ2) is 7.52. The molecule has 1 amide bonds. The first-order valence-corrected chi connectivity index (χ1v) is 10.8. The van der Waals surface area contributed by atoms with Gasteiger partial charge in [-0.05, 0) is 55.5 Å². The summed E-state index contributed by atoms with van der Waals surface area (Å²) in [5, 5.41) is 0. The molecular formula is C24H28FN3O. The molecule has 3 fully saturated rings. The van der Waals surface area contributed by atoms with Crippen molar-refractivity contribution in [2.24, 2.45) is 17.8 Å². The number of amides is 1. The molecule has 5 rings (SSSR count). The molecule has 3 aliphatic rings. The predicted molar refractivity (Wildman–Crippen MR) is 109 cm³/mol. The van der Waals surface area contributed by atoms with E-state index in [9.17, 15) is 9.18 Å². The lowest BCUT2D eigenvalue weighted by Crippen LogP contribution is -2.41. The summed E-state index contributed by atoms with van der Waals surface area (Å²) in [6.45, 7) is 5.54. The van der Waals surface area contributed by atoms with Crippen molar-refractivity contribution in [1.29, 1.82) is 0 Å². The fourth-order valence-electron chi connectivity index (χ4n) is 5.42. The molecule has 2 saturated heterocycles. The SMILES string of the molecule is Cc1cccc(CN2C[C@H]3CN(C(=O)C4CCC4)[C@@H](c4cccc(F)c4)[C@H]3C2)n1. The Morgan fingerprint density at radius 1 is 1.14 bits per heavy atom. The molecule has 152 valence electrons. The van der Waals surface area contributed by atoms with Crippen molar-refractivity contribution in [1.82, 2.24) is 14.8 Å². The summed E-state index contributed by atoms with van der Waals surface area (Å²) in [4.78, 5) is 22.3. The number of hydrogen-bond donors (Lipinski definition) is 0. The van der Waals surface area contributed by atoms with Gasteiger partial charge in [0.2, 0.25) is 5.91 Å². The quantitative estimate of drug-likeness (QED) is 0.789. The Balaban J connectivity index is 1.38. The largest absolute Gasteiger partial charge is 0.335 e. The highest BCUT2D eigenvalue weighted by Gasteiger charge is 2.50. The molecule has 5 heteroatoms. The van der Waals surface area contributed by atoms with E-state index >= 15 is 0 Å². The van der Waals surface area contributed by atoms with Gasteiger partial charge in [-0.25, -0.2) is 4.39 Å². The zero-order valence-electron chi connectivity index (χ0n) is 16.9. The maximum atomic E-state index is 14.0. The van der Waals surface area contributed by atoms with Gasteiger partial charge in [0, 0.05) is 43.7 Å². The van der Waals surface area contributed by atoms with E-state index in [0.717, 1.165) is 62.4 Å². The third-order valence-corrected chi connectivity index (χ3v) is 7.00. The fraction of sp³-hybridized carbons (Fsp3) is 0.500. The average molecular weight is 394 g/mol. The van der Waals surface area contributed by atoms with E-state index in [2.05, 4.69) is 26.9 Å². The van der Waals surface area contributed by atoms with Crippen LogP contribution in [-0.2, 0) is 11.3 Å². The monoisotopic (exact) mass is 393 g/mol. The van der Waals surface area contributed by atoms with Crippen molar-refractivity contribution in [3.05, 3.63) is 65.2 Å². The molecule has 1 saturated carbocycles. The van der Waals surface area contributed by atoms with Crippen molar-refractivity contribution >= 4 is 5.91 Å². The number of carbonyl (C=O) groups is 1. The highest BCUT2D eigenvalue weighted by molar-refractivity contribution is 5.80. The summed E-state index contributed by atoms with van der Waals surface area (Å²) in [6.07, 6.45) is 3.16. The third kappa shape index (κ3) is 3.57. The van der Waals surface area contributed by atoms with E-state index in [4.69, 9.17) is 0 Å². The van der Waals surface area contributed by atoms with Crippen LogP contribution in [0.2, 0.25) is 0 Å². The second-order valence-corrected chi connectivity index (χ2v) is 9.01. The number of halogens is 1. The fourth-order valence-corrected chi connectivity index (χ4v) is 5.42. The molecule has 0 spiro atoms. The lowest BCUT2D eigenvalue weighted by atomic mass is 9.83. The number of aryl methyl sites for hydroxylation is 1. The smallest absolute Gasteiger partial charge is 0.226 e. The molecule has 29 heavy (non-hydrogen) atoms. The third-order valence-electron chi connectivity index (χ3n) is 7.00. The summed E-state index contributed by atoms with van der Waals surface area (Å²) in [5.74, 6) is 1.04. The highest BCUT2D eigenvalue weighted by Crippen LogP contribution is 2.47. The first-order valence-electron chi connectivity index (χ1n) is 10.8. The molecule has 0 unspecified atom stereocenters. The van der Waals surface area contributed by atoms with Crippen LogP contribution in [0, 0.1) is 30.5 Å². The number of benzene rings is 1. The number of fused-ring (bicyclic) bond motifs is 1. The second-order valence-electron chi connectivity index (χ2n) is 9.01. The van der Waals surface area contributed by atoms with Gasteiger partial charge in [0.1, 0.15) is 5.82 Å². The average Bonchev–Trinajstić information content (AvgIpc) is 3.17. The van der Waals surface area contributed by atoms with Gasteiger partial charge in [0.05, 0.1) is 11.7 Å². The van der Waals surface area contributed by atoms with Gasteiger partial charge >= 0.3 is 0 Å². The summed E-state index contributed by atoms with van der Waals surface area (Å²) >= 11 is 0. The molecular weight excluding hydrogens is 365 g/mol. The van der Waals surface area contributed by atoms with Crippen LogP contribution in [0.4, 0.5) is 4.39 Å². The van der Waals surface area contributed by atoms with Gasteiger partial charge in [-0.2, -0.15) is 0 Å². The molecule has 2 aromatic rings. The normalized spacial score (nSPS) is 27.1. The number of carbonyl (C=O) groups excluding carboxylic acids is 1. The van der Waals surface area contributed by atoms with Gasteiger partial charge in [-0.15, -0.1) is 0 Å². The summed E-state index contributed by atoms with van der Waals surface area (Å²) in [5.41, 5.74) is 3.08. The first-order chi connectivity index (χ1) is 14.1. The van der Waals surface area contributed by atoms with Crippen LogP contribution in [0.15, 0.2) is 42.5 Å². The van der Waals surface area contributed by atoms with E-state index < -0.39 is 0 Å². The number of likely N-dealkylation sites (tertiary alicyclic amines) is 2. The number of nitrogens with zero attached hydrogens (tertiary/aromatic N) is 3. The summed E-state index contributed by atoms with van der Waals surface area (Å²) < 4.78 is 14.0. The maximum Gasteiger partial charge on any atom is 0.226 e. The van der Waals surface area contributed by atoms with Crippen LogP contribution in [-0.4, -0.2) is 40.3 Å². The van der Waals surface area contributed by atoms with Crippen molar-refractivity contribution in [3.8, 4) is 0 Å². The predicted octanol–water partition coefficient (Wildman–Crippen LogP) is 3.96. The van der Waals surface area contributed by atoms with E-state index in [1.807, 2.05) is 19.1 Å². The lowest BCUT2D eigenvalue weighted by molar-refractivity contribution is -0.139. The minimum absolute atomic E-state index is 0.0146. The van der Waals surface area contributed by atoms with Gasteiger partial charge in [0.15, 0.2) is 0 Å². The van der Waals surface area contributed by atoms with Crippen molar-refractivity contribution in [2.75, 3.05) is 19.6 Å². The van der Waals surface area contributed by atoms with Crippen LogP contribution in [0.1, 0.15) is 42.3 Å². The van der Waals surface area contributed by atoms with E-state index in [1.54, 1.807) is 12.1 Å². The molecule has 1 aliphatic carbocycles. The van der Waals surface area contributed by atoms with Gasteiger partial charge < -0.3 is 4.90 Å². The van der Waals surface area contributed by atoms with Gasteiger partial charge in [-0.3, -0.25) is 14.7 Å². The molecule has 3 atom stereocenters. The van der Waals surface area contributed by atoms with Gasteiger partial charge in [0.25, 0.3) is 0 Å². The first kappa shape index (κ1) is 18.7. The Labute approximate surface area is 171 Å². The molecule has 0 bridgehead atoms. The highest BCUT2D eigenvalue weighted by atomic mass is 19.1. The topological polar surface area (TPSA) is 36.4 Å². The van der Waals surface area contributed by atoms with Crippen LogP contribution in [0.25, 0.3) is 0 Å². The molecule has 1 aromatic carbocycles. The zero-order valence-corrected chi connectivity index (χ0v) is 16.9. The molecule has 3 heterocycles. The Morgan fingerprint density at radius 2 is 1.97 bits per heavy atom. The maximum absolute atomic E-state index is 14.0. The van der Waals surface area contributed by atoms with Crippen molar-refractivity contribution in [2.45, 2.75) is 38.8 Å². The Bertz CT molecular complexity index is 913. The van der Waals surface area contributed by atoms with E-state index in [0.29, 0.717) is 11.8 Å². The number of hydrogen-bond acceptors (Lipinski definition) is 3. The minimum atomic E-state index is -0.221. The Morgan fingerprint density at radius 3 is 2.69 bits per heavy atom. The van der Waals surface area contributed by atoms with Crippen LogP contribution in [0.3, 0.4) is 0 Å². The molecule has 2 aliphatic heterocycles. The van der Waals surface area contributed by atoms with E-state index in [1.165, 1.54) is 6.07 Å². The molecule has 1 aromatic heterocycles. The summed E-state index contributed by atoms with van der Waals surface area (Å²) in [6, 6.07) is 13.0. The lowest BCUT2D eigenvalue weighted by Gasteiger charge is -2.35. The van der Waals surface area contributed by atoms with Gasteiger partial charge in [-0.1, -0.05) is 24.6 Å². The molecule has 4 nitrogen and oxygen atoms in total. The molecule has 0 radical (unpaired) electrons. The summed E-state index contributed by atoms with van der Waals surface area (Å²) in [7, 11) is 0.